The second-order valence-electron chi connectivity index (χ2n) is 13.4. The molecule has 3 amide bonds. The highest BCUT2D eigenvalue weighted by atomic mass is 16.8. The minimum atomic E-state index is -1.84. The number of nitrogens with zero attached hydrogens (tertiary/aromatic N) is 8. The van der Waals surface area contributed by atoms with Crippen LogP contribution >= 0.6 is 0 Å². The molecule has 0 bridgehead atoms. The minimum Gasteiger partial charge on any atom is -0.467 e. The van der Waals surface area contributed by atoms with Gasteiger partial charge in [0.05, 0.1) is 24.6 Å². The van der Waals surface area contributed by atoms with E-state index in [2.05, 4.69) is 16.9 Å². The summed E-state index contributed by atoms with van der Waals surface area (Å²) < 4.78 is 33.0. The number of ether oxygens (including phenoxy) is 6. The number of anilines is 1. The molecule has 21 heteroatoms. The number of methoxy groups -OCH3 is 1. The van der Waals surface area contributed by atoms with Gasteiger partial charge in [0.15, 0.2) is 24.0 Å². The van der Waals surface area contributed by atoms with Crippen molar-refractivity contribution in [3.05, 3.63) is 18.6 Å². The summed E-state index contributed by atoms with van der Waals surface area (Å²) in [4.78, 5) is 103. The van der Waals surface area contributed by atoms with E-state index < -0.39 is 66.7 Å². The minimum absolute atomic E-state index is 0.0115. The van der Waals surface area contributed by atoms with Crippen molar-refractivity contribution in [3.63, 3.8) is 0 Å². The monoisotopic (exact) mass is 786 g/mol. The van der Waals surface area contributed by atoms with Gasteiger partial charge in [-0.15, -0.1) is 0 Å². The molecule has 0 spiro atoms. The predicted molar refractivity (Wildman–Crippen MR) is 190 cm³/mol. The first-order valence-electron chi connectivity index (χ1n) is 17.6. The number of carbonyl (C=O) groups is 7. The summed E-state index contributed by atoms with van der Waals surface area (Å²) in [5, 5.41) is 9.60. The third kappa shape index (κ3) is 9.79. The number of carbonyl (C=O) groups excluding carboxylic acids is 7. The van der Waals surface area contributed by atoms with E-state index in [-0.39, 0.29) is 37.4 Å². The van der Waals surface area contributed by atoms with Crippen LogP contribution in [0.15, 0.2) is 18.6 Å². The second kappa shape index (κ2) is 18.5. The van der Waals surface area contributed by atoms with Crippen LogP contribution in [0.4, 0.5) is 15.4 Å². The number of fused-ring (bicyclic) bond motifs is 1. The Bertz CT molecular complexity index is 1860. The fourth-order valence-corrected chi connectivity index (χ4v) is 6.52. The average Bonchev–Trinajstić information content (AvgIpc) is 3.59. The van der Waals surface area contributed by atoms with Gasteiger partial charge in [0.25, 0.3) is 0 Å². The Morgan fingerprint density at radius 2 is 1.54 bits per heavy atom. The molecule has 0 radical (unpaired) electrons. The number of nitriles is 1. The first-order valence-corrected chi connectivity index (χ1v) is 17.6. The Balaban J connectivity index is 1.47. The van der Waals surface area contributed by atoms with Gasteiger partial charge >= 0.3 is 36.0 Å². The van der Waals surface area contributed by atoms with E-state index in [4.69, 9.17) is 33.7 Å². The number of amides is 3. The molecule has 2 aromatic heterocycles. The van der Waals surface area contributed by atoms with Crippen LogP contribution in [0.25, 0.3) is 11.0 Å². The highest BCUT2D eigenvalue weighted by Crippen LogP contribution is 2.32. The standard InChI is InChI=1S/C35H46N8O13/c1-19-10-13-42(25(47)9-12-36)17-24(19)41(7)30-23-11-14-43(31(23)38-18-37-30)34(49)39(5)15-16-40(6)35(50)56-33-29(54-22(4)46)27(53-21(3)45)26(52-20(2)44)28(55-33)32(48)51-8/h11,14,18-19,24,26-29,33H,9-10,13,15-17H2,1-8H3/t19-,24+,26+,27+,28+,29-,33+/m1/s1. The fraction of sp³-hybridized carbons (Fsp3) is 0.600. The molecule has 7 atom stereocenters. The Kier molecular flexibility index (Phi) is 14.1. The van der Waals surface area contributed by atoms with Crippen molar-refractivity contribution >= 4 is 58.8 Å². The van der Waals surface area contributed by atoms with E-state index in [1.165, 1.54) is 29.9 Å². The van der Waals surface area contributed by atoms with E-state index in [0.717, 1.165) is 39.2 Å². The number of aromatic nitrogens is 3. The SMILES string of the molecule is COC(=O)[C@H]1O[C@@H](OC(=O)N(C)CCN(C)C(=O)n2ccc3c(N(C)[C@H]4CN(C(=O)CC#N)CC[C@H]4C)ncnc32)[C@H](OC(C)=O)[C@@H](OC(C)=O)[C@@H]1OC(C)=O. The topological polar surface area (TPSA) is 242 Å². The second-order valence-corrected chi connectivity index (χ2v) is 13.4. The normalized spacial score (nSPS) is 23.2. The number of hydrogen-bond acceptors (Lipinski definition) is 17. The smallest absolute Gasteiger partial charge is 0.412 e. The van der Waals surface area contributed by atoms with Crippen LogP contribution in [0, 0.1) is 17.2 Å². The molecule has 304 valence electrons. The summed E-state index contributed by atoms with van der Waals surface area (Å²) >= 11 is 0. The van der Waals surface area contributed by atoms with Gasteiger partial charge in [0.1, 0.15) is 18.6 Å². The number of piperidine rings is 1. The maximum atomic E-state index is 13.7. The molecule has 2 saturated heterocycles. The lowest BCUT2D eigenvalue weighted by Crippen LogP contribution is -2.64. The molecular formula is C35H46N8O13. The third-order valence-electron chi connectivity index (χ3n) is 9.46. The Hall–Kier alpha value is -6.04. The summed E-state index contributed by atoms with van der Waals surface area (Å²) in [6, 6.07) is 3.03. The number of likely N-dealkylation sites (N-methyl/N-ethyl adjacent to an activating group) is 3. The van der Waals surface area contributed by atoms with Crippen molar-refractivity contribution in [2.24, 2.45) is 5.92 Å². The lowest BCUT2D eigenvalue weighted by Gasteiger charge is -2.43. The highest BCUT2D eigenvalue weighted by molar-refractivity contribution is 5.95. The lowest BCUT2D eigenvalue weighted by molar-refractivity contribution is -0.289. The van der Waals surface area contributed by atoms with Crippen molar-refractivity contribution < 1.29 is 62.0 Å². The molecule has 4 heterocycles. The van der Waals surface area contributed by atoms with Gasteiger partial charge in [-0.2, -0.15) is 5.26 Å². The Morgan fingerprint density at radius 1 is 0.911 bits per heavy atom. The van der Waals surface area contributed by atoms with Crippen molar-refractivity contribution in [1.82, 2.24) is 29.2 Å². The summed E-state index contributed by atoms with van der Waals surface area (Å²) in [6.07, 6.45) is -6.17. The number of hydrogen-bond donors (Lipinski definition) is 0. The maximum absolute atomic E-state index is 13.7. The molecule has 56 heavy (non-hydrogen) atoms. The van der Waals surface area contributed by atoms with Crippen LogP contribution in [-0.4, -0.2) is 162 Å². The predicted octanol–water partition coefficient (Wildman–Crippen LogP) is 0.679. The van der Waals surface area contributed by atoms with Crippen LogP contribution in [0.5, 0.6) is 0 Å². The molecule has 0 N–H and O–H groups in total. The number of likely N-dealkylation sites (tertiary alicyclic amines) is 1. The summed E-state index contributed by atoms with van der Waals surface area (Å²) in [7, 11) is 5.75. The molecule has 0 aliphatic carbocycles. The molecule has 0 unspecified atom stereocenters. The van der Waals surface area contributed by atoms with Gasteiger partial charge in [0.2, 0.25) is 18.3 Å². The van der Waals surface area contributed by atoms with Crippen LogP contribution in [0.3, 0.4) is 0 Å². The largest absolute Gasteiger partial charge is 0.467 e. The van der Waals surface area contributed by atoms with Gasteiger partial charge in [-0.05, 0) is 18.4 Å². The highest BCUT2D eigenvalue weighted by Gasteiger charge is 2.56. The molecule has 2 aromatic rings. The third-order valence-corrected chi connectivity index (χ3v) is 9.46. The molecule has 2 aliphatic heterocycles. The van der Waals surface area contributed by atoms with Crippen LogP contribution < -0.4 is 4.90 Å². The zero-order valence-corrected chi connectivity index (χ0v) is 32.4. The van der Waals surface area contributed by atoms with E-state index in [1.807, 2.05) is 18.0 Å². The molecule has 0 saturated carbocycles. The fourth-order valence-electron chi connectivity index (χ4n) is 6.52. The van der Waals surface area contributed by atoms with Crippen molar-refractivity contribution in [2.45, 2.75) is 77.3 Å². The molecule has 4 rings (SSSR count). The van der Waals surface area contributed by atoms with Crippen molar-refractivity contribution in [3.8, 4) is 6.07 Å². The van der Waals surface area contributed by atoms with Gasteiger partial charge in [-0.1, -0.05) is 6.92 Å². The van der Waals surface area contributed by atoms with Crippen molar-refractivity contribution in [2.75, 3.05) is 59.3 Å². The zero-order chi connectivity index (χ0) is 41.4. The van der Waals surface area contributed by atoms with E-state index in [9.17, 15) is 33.6 Å². The van der Waals surface area contributed by atoms with Crippen LogP contribution in [0.2, 0.25) is 0 Å². The summed E-state index contributed by atoms with van der Waals surface area (Å²) in [5.74, 6) is -3.22. The Morgan fingerprint density at radius 3 is 2.16 bits per heavy atom. The van der Waals surface area contributed by atoms with E-state index in [1.54, 1.807) is 17.2 Å². The first kappa shape index (κ1) is 42.7. The summed E-state index contributed by atoms with van der Waals surface area (Å²) in [5.41, 5.74) is 0.327. The molecule has 2 aliphatic rings. The first-order chi connectivity index (χ1) is 26.5. The van der Waals surface area contributed by atoms with E-state index in [0.29, 0.717) is 29.9 Å². The molecular weight excluding hydrogens is 740 g/mol. The van der Waals surface area contributed by atoms with E-state index >= 15 is 0 Å². The van der Waals surface area contributed by atoms with Gasteiger partial charge < -0.3 is 48.0 Å². The molecule has 21 nitrogen and oxygen atoms in total. The van der Waals surface area contributed by atoms with Gasteiger partial charge in [-0.25, -0.2) is 24.4 Å². The summed E-state index contributed by atoms with van der Waals surface area (Å²) in [6.45, 7) is 6.05. The molecule has 0 aromatic carbocycles. The average molecular weight is 787 g/mol. The quantitative estimate of drug-likeness (QED) is 0.225. The van der Waals surface area contributed by atoms with Gasteiger partial charge in [-0.3, -0.25) is 23.7 Å². The molecule has 2 fully saturated rings. The van der Waals surface area contributed by atoms with Crippen LogP contribution in [0.1, 0.15) is 40.5 Å². The number of rotatable bonds is 11. The number of esters is 4. The zero-order valence-electron chi connectivity index (χ0n) is 32.4. The van der Waals surface area contributed by atoms with Crippen LogP contribution in [-0.2, 0) is 52.4 Å². The maximum Gasteiger partial charge on any atom is 0.412 e. The van der Waals surface area contributed by atoms with Crippen molar-refractivity contribution in [1.29, 1.82) is 5.26 Å². The van der Waals surface area contributed by atoms with Gasteiger partial charge in [0, 0.05) is 74.3 Å². The lowest BCUT2D eigenvalue weighted by atomic mass is 9.92. The Labute approximate surface area is 322 Å².